The summed E-state index contributed by atoms with van der Waals surface area (Å²) in [7, 11) is 0. The van der Waals surface area contributed by atoms with Crippen LogP contribution in [0.15, 0.2) is 0 Å². The van der Waals surface area contributed by atoms with Gasteiger partial charge in [0.05, 0.1) is 12.1 Å². The van der Waals surface area contributed by atoms with Crippen molar-refractivity contribution in [2.75, 3.05) is 19.7 Å². The number of nitrogens with zero attached hydrogens (tertiary/aromatic N) is 1. The predicted octanol–water partition coefficient (Wildman–Crippen LogP) is 5.43. The van der Waals surface area contributed by atoms with E-state index in [0.717, 1.165) is 26.1 Å². The minimum atomic E-state index is -0.0150. The Morgan fingerprint density at radius 2 is 1.52 bits per heavy atom. The molecule has 2 atom stereocenters. The van der Waals surface area contributed by atoms with E-state index >= 15 is 0 Å². The van der Waals surface area contributed by atoms with Crippen LogP contribution in [-0.2, 0) is 9.53 Å². The van der Waals surface area contributed by atoms with Crippen molar-refractivity contribution in [2.24, 2.45) is 11.8 Å². The molecule has 0 N–H and O–H groups in total. The van der Waals surface area contributed by atoms with E-state index < -0.39 is 0 Å². The topological polar surface area (TPSA) is 29.5 Å². The molecule has 0 bridgehead atoms. The Morgan fingerprint density at radius 1 is 1.04 bits per heavy atom. The van der Waals surface area contributed by atoms with E-state index in [0.29, 0.717) is 11.7 Å². The maximum atomic E-state index is 12.2. The number of likely N-dealkylation sites (tertiary alicyclic amines) is 1. The zero-order valence-electron chi connectivity index (χ0n) is 17.9. The fourth-order valence-electron chi connectivity index (χ4n) is 2.38. The lowest BCUT2D eigenvalue weighted by atomic mass is 9.98. The largest absolute Gasteiger partial charge is 0.376 e. The number of hydrogen-bond donors (Lipinski definition) is 0. The first-order valence-electron chi connectivity index (χ1n) is 9.86. The van der Waals surface area contributed by atoms with Gasteiger partial charge in [-0.2, -0.15) is 0 Å². The van der Waals surface area contributed by atoms with Gasteiger partial charge in [-0.1, -0.05) is 76.2 Å². The first kappa shape index (κ1) is 27.4. The van der Waals surface area contributed by atoms with E-state index in [1.807, 2.05) is 55.4 Å². The van der Waals surface area contributed by atoms with Gasteiger partial charge in [0.2, 0.25) is 0 Å². The van der Waals surface area contributed by atoms with Crippen molar-refractivity contribution in [2.45, 2.75) is 94.7 Å². The van der Waals surface area contributed by atoms with Gasteiger partial charge in [0.25, 0.3) is 0 Å². The van der Waals surface area contributed by atoms with Crippen LogP contribution < -0.4 is 0 Å². The molecule has 0 aliphatic carbocycles. The lowest BCUT2D eigenvalue weighted by Crippen LogP contribution is -2.45. The molecule has 1 unspecified atom stereocenters. The van der Waals surface area contributed by atoms with Crippen molar-refractivity contribution in [3.05, 3.63) is 0 Å². The van der Waals surface area contributed by atoms with E-state index in [4.69, 9.17) is 4.74 Å². The summed E-state index contributed by atoms with van der Waals surface area (Å²) in [6.07, 6.45) is 1.09. The van der Waals surface area contributed by atoms with Crippen LogP contribution >= 0.6 is 0 Å². The molecule has 3 nitrogen and oxygen atoms in total. The van der Waals surface area contributed by atoms with Gasteiger partial charge in [0, 0.05) is 19.1 Å². The van der Waals surface area contributed by atoms with Gasteiger partial charge < -0.3 is 4.74 Å². The molecular weight excluding hydrogens is 286 g/mol. The zero-order chi connectivity index (χ0) is 19.0. The smallest absolute Gasteiger partial charge is 0.155 e. The highest BCUT2D eigenvalue weighted by Gasteiger charge is 2.39. The average Bonchev–Trinajstić information content (AvgIpc) is 3.00. The van der Waals surface area contributed by atoms with Crippen molar-refractivity contribution >= 4 is 5.78 Å². The Balaban J connectivity index is -0.000000595. The first-order chi connectivity index (χ1) is 11.0. The molecule has 142 valence electrons. The maximum Gasteiger partial charge on any atom is 0.155 e. The number of likely N-dealkylation sites (N-methyl/N-ethyl adjacent to an activating group) is 1. The third-order valence-electron chi connectivity index (χ3n) is 3.36. The second kappa shape index (κ2) is 17.9. The Labute approximate surface area is 147 Å². The molecule has 0 aromatic rings. The Bertz CT molecular complexity index is 252. The second-order valence-corrected chi connectivity index (χ2v) is 5.68. The molecule has 1 aliphatic rings. The summed E-state index contributed by atoms with van der Waals surface area (Å²) in [5.74, 6) is 0.955. The number of carbonyl (C=O) groups is 1. The van der Waals surface area contributed by atoms with Crippen molar-refractivity contribution in [3.8, 4) is 0 Å². The monoisotopic (exact) mass is 331 g/mol. The number of carbonyl (C=O) groups excluding carboxylic acids is 1. The SMILES string of the molecule is CC.CC.CC.CCN1CCC(OCC(C)C)[C@H]1C(=O)C(C)C. The van der Waals surface area contributed by atoms with Crippen LogP contribution in [0.4, 0.5) is 0 Å². The fourth-order valence-corrected chi connectivity index (χ4v) is 2.38. The number of rotatable bonds is 6. The fraction of sp³-hybridized carbons (Fsp3) is 0.950. The minimum Gasteiger partial charge on any atom is -0.376 e. The third kappa shape index (κ3) is 10.9. The Kier molecular flexibility index (Phi) is 21.4. The second-order valence-electron chi connectivity index (χ2n) is 5.68. The number of hydrogen-bond acceptors (Lipinski definition) is 3. The minimum absolute atomic E-state index is 0.0150. The molecular formula is C20H45NO2. The lowest BCUT2D eigenvalue weighted by Gasteiger charge is -2.27. The highest BCUT2D eigenvalue weighted by atomic mass is 16.5. The molecule has 23 heavy (non-hydrogen) atoms. The highest BCUT2D eigenvalue weighted by Crippen LogP contribution is 2.24. The molecule has 1 rings (SSSR count). The summed E-state index contributed by atoms with van der Waals surface area (Å²) < 4.78 is 5.92. The lowest BCUT2D eigenvalue weighted by molar-refractivity contribution is -0.130. The third-order valence-corrected chi connectivity index (χ3v) is 3.36. The van der Waals surface area contributed by atoms with Crippen LogP contribution in [-0.4, -0.2) is 42.5 Å². The molecule has 1 fully saturated rings. The summed E-state index contributed by atoms with van der Waals surface area (Å²) in [5.41, 5.74) is 0. The van der Waals surface area contributed by atoms with E-state index in [-0.39, 0.29) is 18.1 Å². The van der Waals surface area contributed by atoms with Gasteiger partial charge in [-0.15, -0.1) is 0 Å². The molecule has 1 heterocycles. The summed E-state index contributed by atoms with van der Waals surface area (Å²) in [5, 5.41) is 0. The molecule has 0 aromatic carbocycles. The van der Waals surface area contributed by atoms with Gasteiger partial charge in [-0.05, 0) is 18.9 Å². The summed E-state index contributed by atoms with van der Waals surface area (Å²) in [4.78, 5) is 14.5. The van der Waals surface area contributed by atoms with E-state index in [1.54, 1.807) is 0 Å². The van der Waals surface area contributed by atoms with Crippen molar-refractivity contribution in [3.63, 3.8) is 0 Å². The van der Waals surface area contributed by atoms with Gasteiger partial charge in [0.15, 0.2) is 5.78 Å². The van der Waals surface area contributed by atoms with Gasteiger partial charge >= 0.3 is 0 Å². The van der Waals surface area contributed by atoms with Crippen molar-refractivity contribution in [1.29, 1.82) is 0 Å². The van der Waals surface area contributed by atoms with Gasteiger partial charge in [-0.25, -0.2) is 0 Å². The molecule has 1 aliphatic heterocycles. The Morgan fingerprint density at radius 3 is 1.87 bits per heavy atom. The first-order valence-corrected chi connectivity index (χ1v) is 9.86. The van der Waals surface area contributed by atoms with Gasteiger partial charge in [0.1, 0.15) is 0 Å². The van der Waals surface area contributed by atoms with E-state index in [1.165, 1.54) is 0 Å². The Hall–Kier alpha value is -0.410. The molecule has 1 saturated heterocycles. The molecule has 3 heteroatoms. The normalized spacial score (nSPS) is 20.0. The summed E-state index contributed by atoms with van der Waals surface area (Å²) in [6, 6.07) is -0.0150. The predicted molar refractivity (Wildman–Crippen MR) is 104 cm³/mol. The molecule has 0 radical (unpaired) electrons. The van der Waals surface area contributed by atoms with Crippen LogP contribution in [0, 0.1) is 11.8 Å². The molecule has 0 saturated carbocycles. The molecule has 0 spiro atoms. The molecule has 0 amide bonds. The summed E-state index contributed by atoms with van der Waals surface area (Å²) >= 11 is 0. The molecule has 0 aromatic heterocycles. The van der Waals surface area contributed by atoms with Crippen LogP contribution in [0.5, 0.6) is 0 Å². The van der Waals surface area contributed by atoms with Crippen LogP contribution in [0.3, 0.4) is 0 Å². The zero-order valence-corrected chi connectivity index (χ0v) is 17.9. The van der Waals surface area contributed by atoms with Crippen LogP contribution in [0.2, 0.25) is 0 Å². The van der Waals surface area contributed by atoms with Gasteiger partial charge in [-0.3, -0.25) is 9.69 Å². The number of ether oxygens (including phenoxy) is 1. The number of Topliss-reactive ketones (excluding diaryl/α,β-unsaturated/α-hetero) is 1. The maximum absolute atomic E-state index is 12.2. The van der Waals surface area contributed by atoms with E-state index in [9.17, 15) is 4.79 Å². The van der Waals surface area contributed by atoms with E-state index in [2.05, 4.69) is 25.7 Å². The highest BCUT2D eigenvalue weighted by molar-refractivity contribution is 5.86. The van der Waals surface area contributed by atoms with Crippen LogP contribution in [0.1, 0.15) is 82.6 Å². The standard InChI is InChI=1S/C14H27NO2.3C2H6/c1-6-15-8-7-12(17-9-10(2)3)13(15)14(16)11(4)5;3*1-2/h10-13H,6-9H2,1-5H3;3*1-2H3/t12?,13-;;;/m0.../s1. The van der Waals surface area contributed by atoms with Crippen molar-refractivity contribution < 1.29 is 9.53 Å². The van der Waals surface area contributed by atoms with Crippen molar-refractivity contribution in [1.82, 2.24) is 4.90 Å². The number of ketones is 1. The van der Waals surface area contributed by atoms with Crippen LogP contribution in [0.25, 0.3) is 0 Å². The average molecular weight is 332 g/mol. The summed E-state index contributed by atoms with van der Waals surface area (Å²) in [6.45, 7) is 25.0. The quantitative estimate of drug-likeness (QED) is 0.650.